The molecular weight excluding hydrogens is 232 g/mol. The van der Waals surface area contributed by atoms with E-state index in [1.54, 1.807) is 10.7 Å². The Morgan fingerprint density at radius 1 is 1.44 bits per heavy atom. The summed E-state index contributed by atoms with van der Waals surface area (Å²) in [6, 6.07) is 1.68. The fourth-order valence-corrected chi connectivity index (χ4v) is 1.65. The first kappa shape index (κ1) is 12.2. The predicted molar refractivity (Wildman–Crippen MR) is 68.9 cm³/mol. The number of nitrogens with zero attached hydrogens (tertiary/aromatic N) is 4. The highest BCUT2D eigenvalue weighted by molar-refractivity contribution is 5.59. The minimum absolute atomic E-state index is 0.166. The van der Waals surface area contributed by atoms with E-state index < -0.39 is 0 Å². The predicted octanol–water partition coefficient (Wildman–Crippen LogP) is 1.11. The van der Waals surface area contributed by atoms with Gasteiger partial charge >= 0.3 is 0 Å². The average Bonchev–Trinajstić information content (AvgIpc) is 2.68. The SMILES string of the molecule is CCc1nn(C)cc1Nc1cc(OC)nc(N)n1. The third kappa shape index (κ3) is 2.50. The molecule has 0 atom stereocenters. The molecule has 0 aliphatic heterocycles. The molecule has 3 N–H and O–H groups in total. The van der Waals surface area contributed by atoms with Crippen molar-refractivity contribution in [3.05, 3.63) is 18.0 Å². The number of methoxy groups -OCH3 is 1. The number of aryl methyl sites for hydroxylation is 2. The average molecular weight is 248 g/mol. The van der Waals surface area contributed by atoms with Crippen molar-refractivity contribution in [3.63, 3.8) is 0 Å². The number of ether oxygens (including phenoxy) is 1. The first-order valence-electron chi connectivity index (χ1n) is 5.60. The Morgan fingerprint density at radius 2 is 2.22 bits per heavy atom. The highest BCUT2D eigenvalue weighted by Crippen LogP contribution is 2.21. The lowest BCUT2D eigenvalue weighted by Gasteiger charge is -2.06. The first-order chi connectivity index (χ1) is 8.62. The number of rotatable bonds is 4. The Morgan fingerprint density at radius 3 is 2.89 bits per heavy atom. The van der Waals surface area contributed by atoms with Crippen LogP contribution >= 0.6 is 0 Å². The van der Waals surface area contributed by atoms with Crippen molar-refractivity contribution < 1.29 is 4.74 Å². The highest BCUT2D eigenvalue weighted by atomic mass is 16.5. The molecule has 0 aliphatic carbocycles. The van der Waals surface area contributed by atoms with Crippen LogP contribution in [0.25, 0.3) is 0 Å². The van der Waals surface area contributed by atoms with Gasteiger partial charge in [-0.2, -0.15) is 15.1 Å². The van der Waals surface area contributed by atoms with Gasteiger partial charge in [0, 0.05) is 19.3 Å². The second-order valence-corrected chi connectivity index (χ2v) is 3.80. The topological polar surface area (TPSA) is 90.9 Å². The fourth-order valence-electron chi connectivity index (χ4n) is 1.65. The van der Waals surface area contributed by atoms with Crippen LogP contribution in [0.2, 0.25) is 0 Å². The normalized spacial score (nSPS) is 10.4. The van der Waals surface area contributed by atoms with Crippen LogP contribution in [0.5, 0.6) is 5.88 Å². The number of aromatic nitrogens is 4. The van der Waals surface area contributed by atoms with Crippen LogP contribution in [0, 0.1) is 0 Å². The highest BCUT2D eigenvalue weighted by Gasteiger charge is 2.08. The molecule has 0 aliphatic rings. The van der Waals surface area contributed by atoms with Gasteiger partial charge in [-0.05, 0) is 6.42 Å². The summed E-state index contributed by atoms with van der Waals surface area (Å²) < 4.78 is 6.80. The van der Waals surface area contributed by atoms with Gasteiger partial charge in [-0.15, -0.1) is 0 Å². The van der Waals surface area contributed by atoms with Gasteiger partial charge in [0.05, 0.1) is 18.5 Å². The Kier molecular flexibility index (Phi) is 3.31. The van der Waals surface area contributed by atoms with E-state index in [9.17, 15) is 0 Å². The summed E-state index contributed by atoms with van der Waals surface area (Å²) in [5.41, 5.74) is 7.47. The van der Waals surface area contributed by atoms with E-state index in [0.29, 0.717) is 11.7 Å². The van der Waals surface area contributed by atoms with Gasteiger partial charge in [-0.1, -0.05) is 6.92 Å². The number of nitrogens with one attached hydrogen (secondary N) is 1. The van der Waals surface area contributed by atoms with Gasteiger partial charge in [0.2, 0.25) is 11.8 Å². The number of nitrogen functional groups attached to an aromatic ring is 1. The van der Waals surface area contributed by atoms with Crippen LogP contribution in [-0.2, 0) is 13.5 Å². The quantitative estimate of drug-likeness (QED) is 0.842. The van der Waals surface area contributed by atoms with Crippen LogP contribution in [0.1, 0.15) is 12.6 Å². The molecule has 2 rings (SSSR count). The van der Waals surface area contributed by atoms with Crippen molar-refractivity contribution in [2.45, 2.75) is 13.3 Å². The minimum atomic E-state index is 0.166. The molecule has 0 spiro atoms. The number of anilines is 3. The molecule has 0 aromatic carbocycles. The summed E-state index contributed by atoms with van der Waals surface area (Å²) in [6.45, 7) is 2.04. The summed E-state index contributed by atoms with van der Waals surface area (Å²) >= 11 is 0. The Balaban J connectivity index is 2.30. The molecule has 0 bridgehead atoms. The fraction of sp³-hybridized carbons (Fsp3) is 0.364. The Hall–Kier alpha value is -2.31. The molecule has 0 saturated carbocycles. The van der Waals surface area contributed by atoms with Gasteiger partial charge in [0.15, 0.2) is 0 Å². The van der Waals surface area contributed by atoms with E-state index in [0.717, 1.165) is 17.8 Å². The van der Waals surface area contributed by atoms with E-state index in [1.165, 1.54) is 7.11 Å². The Bertz CT molecular complexity index is 550. The van der Waals surface area contributed by atoms with E-state index in [2.05, 4.69) is 20.4 Å². The van der Waals surface area contributed by atoms with E-state index in [-0.39, 0.29) is 5.95 Å². The van der Waals surface area contributed by atoms with Crippen molar-refractivity contribution in [2.24, 2.45) is 7.05 Å². The van der Waals surface area contributed by atoms with Gasteiger partial charge < -0.3 is 15.8 Å². The van der Waals surface area contributed by atoms with Gasteiger partial charge in [0.25, 0.3) is 0 Å². The largest absolute Gasteiger partial charge is 0.481 e. The second kappa shape index (κ2) is 4.91. The summed E-state index contributed by atoms with van der Waals surface area (Å²) in [4.78, 5) is 8.03. The molecule has 0 fully saturated rings. The lowest BCUT2D eigenvalue weighted by atomic mass is 10.3. The minimum Gasteiger partial charge on any atom is -0.481 e. The summed E-state index contributed by atoms with van der Waals surface area (Å²) in [6.07, 6.45) is 2.73. The Labute approximate surface area is 105 Å². The molecule has 18 heavy (non-hydrogen) atoms. The van der Waals surface area contributed by atoms with E-state index in [4.69, 9.17) is 10.5 Å². The smallest absolute Gasteiger partial charge is 0.225 e. The molecule has 7 heteroatoms. The summed E-state index contributed by atoms with van der Waals surface area (Å²) in [5, 5.41) is 7.50. The van der Waals surface area contributed by atoms with Crippen LogP contribution in [-0.4, -0.2) is 26.9 Å². The standard InChI is InChI=1S/C11H16N6O/c1-4-7-8(6-17(2)16-7)13-9-5-10(18-3)15-11(12)14-9/h5-6H,4H2,1-3H3,(H3,12,13,14,15). The maximum atomic E-state index is 5.60. The number of hydrogen-bond donors (Lipinski definition) is 2. The zero-order valence-electron chi connectivity index (χ0n) is 10.6. The third-order valence-electron chi connectivity index (χ3n) is 2.43. The van der Waals surface area contributed by atoms with Crippen molar-refractivity contribution in [3.8, 4) is 5.88 Å². The van der Waals surface area contributed by atoms with Crippen molar-refractivity contribution in [1.29, 1.82) is 0 Å². The zero-order valence-corrected chi connectivity index (χ0v) is 10.6. The van der Waals surface area contributed by atoms with Crippen LogP contribution in [0.15, 0.2) is 12.3 Å². The maximum Gasteiger partial charge on any atom is 0.225 e. The van der Waals surface area contributed by atoms with E-state index in [1.807, 2.05) is 20.2 Å². The van der Waals surface area contributed by atoms with Crippen LogP contribution in [0.4, 0.5) is 17.5 Å². The number of hydrogen-bond acceptors (Lipinski definition) is 6. The van der Waals surface area contributed by atoms with Crippen molar-refractivity contribution >= 4 is 17.5 Å². The molecule has 2 aromatic heterocycles. The van der Waals surface area contributed by atoms with Crippen LogP contribution in [0.3, 0.4) is 0 Å². The molecule has 0 unspecified atom stereocenters. The lowest BCUT2D eigenvalue weighted by Crippen LogP contribution is -2.02. The summed E-state index contributed by atoms with van der Waals surface area (Å²) in [7, 11) is 3.41. The zero-order chi connectivity index (χ0) is 13.1. The first-order valence-corrected chi connectivity index (χ1v) is 5.60. The van der Waals surface area contributed by atoms with Crippen molar-refractivity contribution in [1.82, 2.24) is 19.7 Å². The molecular formula is C11H16N6O. The molecule has 2 heterocycles. The van der Waals surface area contributed by atoms with Crippen LogP contribution < -0.4 is 15.8 Å². The molecule has 0 amide bonds. The molecule has 7 nitrogen and oxygen atoms in total. The molecule has 96 valence electrons. The summed E-state index contributed by atoms with van der Waals surface area (Å²) in [5.74, 6) is 1.17. The molecule has 0 saturated heterocycles. The third-order valence-corrected chi connectivity index (χ3v) is 2.43. The van der Waals surface area contributed by atoms with Gasteiger partial charge in [-0.3, -0.25) is 4.68 Å². The van der Waals surface area contributed by atoms with E-state index >= 15 is 0 Å². The monoisotopic (exact) mass is 248 g/mol. The number of nitrogens with two attached hydrogens (primary N) is 1. The maximum absolute atomic E-state index is 5.60. The second-order valence-electron chi connectivity index (χ2n) is 3.80. The van der Waals surface area contributed by atoms with Gasteiger partial charge in [-0.25, -0.2) is 0 Å². The molecule has 2 aromatic rings. The molecule has 0 radical (unpaired) electrons. The van der Waals surface area contributed by atoms with Crippen molar-refractivity contribution in [2.75, 3.05) is 18.2 Å². The van der Waals surface area contributed by atoms with Gasteiger partial charge in [0.1, 0.15) is 5.82 Å². The lowest BCUT2D eigenvalue weighted by molar-refractivity contribution is 0.398.